The Hall–Kier alpha value is -1.02. The summed E-state index contributed by atoms with van der Waals surface area (Å²) in [5, 5.41) is 3.37. The van der Waals surface area contributed by atoms with Crippen molar-refractivity contribution in [3.8, 4) is 5.75 Å². The van der Waals surface area contributed by atoms with E-state index < -0.39 is 0 Å². The third kappa shape index (κ3) is 4.23. The lowest BCUT2D eigenvalue weighted by atomic mass is 10.1. The van der Waals surface area contributed by atoms with Crippen LogP contribution in [0.3, 0.4) is 0 Å². The fraction of sp³-hybridized carbons (Fsp3) is 0.571. The van der Waals surface area contributed by atoms with Gasteiger partial charge in [-0.15, -0.1) is 0 Å². The van der Waals surface area contributed by atoms with Crippen LogP contribution >= 0.6 is 0 Å². The molecule has 0 aliphatic carbocycles. The molecule has 0 amide bonds. The Morgan fingerprint density at radius 1 is 1.25 bits per heavy atom. The van der Waals surface area contributed by atoms with Crippen molar-refractivity contribution in [1.82, 2.24) is 5.32 Å². The number of nitrogens with one attached hydrogen (secondary N) is 1. The number of benzene rings is 1. The molecule has 1 atom stereocenters. The maximum Gasteiger partial charge on any atom is 0.119 e. The molecular weight excluding hydrogens is 198 g/mol. The fourth-order valence-corrected chi connectivity index (χ4v) is 1.61. The first-order valence-corrected chi connectivity index (χ1v) is 6.07. The molecule has 90 valence electrons. The van der Waals surface area contributed by atoms with E-state index in [1.807, 2.05) is 6.07 Å². The van der Waals surface area contributed by atoms with Gasteiger partial charge in [0.15, 0.2) is 0 Å². The Morgan fingerprint density at radius 3 is 2.62 bits per heavy atom. The van der Waals surface area contributed by atoms with Gasteiger partial charge in [-0.2, -0.15) is 0 Å². The Labute approximate surface area is 99.0 Å². The van der Waals surface area contributed by atoms with Crippen LogP contribution in [0.4, 0.5) is 0 Å². The van der Waals surface area contributed by atoms with Gasteiger partial charge in [-0.25, -0.2) is 0 Å². The van der Waals surface area contributed by atoms with Crippen LogP contribution in [0.2, 0.25) is 0 Å². The van der Waals surface area contributed by atoms with Gasteiger partial charge in [-0.3, -0.25) is 0 Å². The van der Waals surface area contributed by atoms with Crippen molar-refractivity contribution in [2.45, 2.75) is 40.2 Å². The zero-order valence-electron chi connectivity index (χ0n) is 10.8. The highest BCUT2D eigenvalue weighted by Crippen LogP contribution is 2.16. The summed E-state index contributed by atoms with van der Waals surface area (Å²) in [6.07, 6.45) is 1.04. The second-order valence-corrected chi connectivity index (χ2v) is 4.34. The van der Waals surface area contributed by atoms with E-state index >= 15 is 0 Å². The third-order valence-corrected chi connectivity index (χ3v) is 2.85. The summed E-state index contributed by atoms with van der Waals surface area (Å²) in [6.45, 7) is 10.3. The lowest BCUT2D eigenvalue weighted by molar-refractivity contribution is 0.291. The molecule has 1 aromatic rings. The molecule has 2 heteroatoms. The van der Waals surface area contributed by atoms with Crippen LogP contribution in [-0.4, -0.2) is 19.2 Å². The second kappa shape index (κ2) is 6.54. The molecule has 0 aliphatic rings. The molecule has 16 heavy (non-hydrogen) atoms. The van der Waals surface area contributed by atoms with E-state index in [0.29, 0.717) is 6.04 Å². The van der Waals surface area contributed by atoms with E-state index in [-0.39, 0.29) is 0 Å². The number of aryl methyl sites for hydroxylation is 2. The Bertz CT molecular complexity index is 323. The average molecular weight is 221 g/mol. The van der Waals surface area contributed by atoms with Crippen molar-refractivity contribution in [3.05, 3.63) is 29.3 Å². The highest BCUT2D eigenvalue weighted by atomic mass is 16.5. The van der Waals surface area contributed by atoms with Crippen molar-refractivity contribution in [1.29, 1.82) is 0 Å². The molecular formula is C14H23NO. The molecule has 0 spiro atoms. The topological polar surface area (TPSA) is 21.3 Å². The maximum atomic E-state index is 5.72. The Morgan fingerprint density at radius 2 is 2.00 bits per heavy atom. The molecule has 0 saturated heterocycles. The zero-order valence-corrected chi connectivity index (χ0v) is 10.8. The lowest BCUT2D eigenvalue weighted by Crippen LogP contribution is -2.27. The first kappa shape index (κ1) is 13.0. The fourth-order valence-electron chi connectivity index (χ4n) is 1.61. The SMILES string of the molecule is CCNC(C)CCOc1ccc(C)c(C)c1. The van der Waals surface area contributed by atoms with E-state index in [0.717, 1.165) is 25.3 Å². The quantitative estimate of drug-likeness (QED) is 0.797. The van der Waals surface area contributed by atoms with Crippen molar-refractivity contribution in [2.75, 3.05) is 13.2 Å². The average Bonchev–Trinajstić information content (AvgIpc) is 2.24. The van der Waals surface area contributed by atoms with Crippen LogP contribution in [-0.2, 0) is 0 Å². The summed E-state index contributed by atoms with van der Waals surface area (Å²) in [5.74, 6) is 0.979. The Balaban J connectivity index is 2.34. The predicted molar refractivity (Wildman–Crippen MR) is 69.2 cm³/mol. The highest BCUT2D eigenvalue weighted by molar-refractivity contribution is 5.33. The minimum atomic E-state index is 0.525. The van der Waals surface area contributed by atoms with Gasteiger partial charge in [0.05, 0.1) is 6.61 Å². The third-order valence-electron chi connectivity index (χ3n) is 2.85. The van der Waals surface area contributed by atoms with Gasteiger partial charge in [0.1, 0.15) is 5.75 Å². The molecule has 0 radical (unpaired) electrons. The van der Waals surface area contributed by atoms with Gasteiger partial charge in [-0.05, 0) is 57.0 Å². The van der Waals surface area contributed by atoms with Crippen LogP contribution in [0.25, 0.3) is 0 Å². The van der Waals surface area contributed by atoms with Crippen LogP contribution in [0.5, 0.6) is 5.75 Å². The summed E-state index contributed by atoms with van der Waals surface area (Å²) in [4.78, 5) is 0. The lowest BCUT2D eigenvalue weighted by Gasteiger charge is -2.13. The minimum Gasteiger partial charge on any atom is -0.494 e. The van der Waals surface area contributed by atoms with Crippen LogP contribution in [0.15, 0.2) is 18.2 Å². The summed E-state index contributed by atoms with van der Waals surface area (Å²) in [6, 6.07) is 6.78. The molecule has 0 aliphatic heterocycles. The van der Waals surface area contributed by atoms with Gasteiger partial charge in [0.25, 0.3) is 0 Å². The summed E-state index contributed by atoms with van der Waals surface area (Å²) in [7, 11) is 0. The van der Waals surface area contributed by atoms with Crippen molar-refractivity contribution < 1.29 is 4.74 Å². The van der Waals surface area contributed by atoms with Crippen molar-refractivity contribution in [3.63, 3.8) is 0 Å². The minimum absolute atomic E-state index is 0.525. The number of ether oxygens (including phenoxy) is 1. The van der Waals surface area contributed by atoms with Gasteiger partial charge < -0.3 is 10.1 Å². The zero-order chi connectivity index (χ0) is 12.0. The van der Waals surface area contributed by atoms with Crippen LogP contribution in [0, 0.1) is 13.8 Å². The highest BCUT2D eigenvalue weighted by Gasteiger charge is 2.01. The summed E-state index contributed by atoms with van der Waals surface area (Å²) >= 11 is 0. The smallest absolute Gasteiger partial charge is 0.119 e. The largest absolute Gasteiger partial charge is 0.494 e. The monoisotopic (exact) mass is 221 g/mol. The van der Waals surface area contributed by atoms with E-state index in [1.54, 1.807) is 0 Å². The molecule has 1 aromatic carbocycles. The van der Waals surface area contributed by atoms with Crippen molar-refractivity contribution in [2.24, 2.45) is 0 Å². The Kier molecular flexibility index (Phi) is 5.33. The summed E-state index contributed by atoms with van der Waals surface area (Å²) in [5.41, 5.74) is 2.60. The van der Waals surface area contributed by atoms with Gasteiger partial charge in [0, 0.05) is 6.04 Å². The normalized spacial score (nSPS) is 12.5. The first-order chi connectivity index (χ1) is 7.63. The molecule has 0 fully saturated rings. The van der Waals surface area contributed by atoms with Crippen molar-refractivity contribution >= 4 is 0 Å². The van der Waals surface area contributed by atoms with Gasteiger partial charge >= 0.3 is 0 Å². The molecule has 1 unspecified atom stereocenters. The predicted octanol–water partition coefficient (Wildman–Crippen LogP) is 3.07. The summed E-state index contributed by atoms with van der Waals surface area (Å²) < 4.78 is 5.72. The van der Waals surface area contributed by atoms with Crippen LogP contribution < -0.4 is 10.1 Å². The molecule has 2 nitrogen and oxygen atoms in total. The second-order valence-electron chi connectivity index (χ2n) is 4.34. The standard InChI is InChI=1S/C14H23NO/c1-5-15-13(4)8-9-16-14-7-6-11(2)12(3)10-14/h6-7,10,13,15H,5,8-9H2,1-4H3. The first-order valence-electron chi connectivity index (χ1n) is 6.07. The van der Waals surface area contributed by atoms with Crippen LogP contribution in [0.1, 0.15) is 31.4 Å². The van der Waals surface area contributed by atoms with E-state index in [9.17, 15) is 0 Å². The number of rotatable bonds is 6. The molecule has 0 bridgehead atoms. The van der Waals surface area contributed by atoms with E-state index in [2.05, 4.69) is 45.1 Å². The molecule has 0 heterocycles. The molecule has 0 saturated carbocycles. The van der Waals surface area contributed by atoms with E-state index in [1.165, 1.54) is 11.1 Å². The molecule has 1 rings (SSSR count). The van der Waals surface area contributed by atoms with E-state index in [4.69, 9.17) is 4.74 Å². The molecule has 1 N–H and O–H groups in total. The maximum absolute atomic E-state index is 5.72. The number of hydrogen-bond donors (Lipinski definition) is 1. The van der Waals surface area contributed by atoms with Gasteiger partial charge in [0.2, 0.25) is 0 Å². The van der Waals surface area contributed by atoms with Gasteiger partial charge in [-0.1, -0.05) is 13.0 Å². The molecule has 0 aromatic heterocycles. The number of hydrogen-bond acceptors (Lipinski definition) is 2.